The van der Waals surface area contributed by atoms with E-state index >= 15 is 0 Å². The molecule has 112 valence electrons. The van der Waals surface area contributed by atoms with Crippen molar-refractivity contribution in [3.05, 3.63) is 65.5 Å². The van der Waals surface area contributed by atoms with Gasteiger partial charge in [-0.3, -0.25) is 0 Å². The second-order valence-corrected chi connectivity index (χ2v) is 5.58. The highest BCUT2D eigenvalue weighted by Gasteiger charge is 1.99. The highest BCUT2D eigenvalue weighted by molar-refractivity contribution is 5.27. The van der Waals surface area contributed by atoms with Crippen LogP contribution in [0.3, 0.4) is 0 Å². The first-order valence-electron chi connectivity index (χ1n) is 7.30. The maximum absolute atomic E-state index is 12.8. The van der Waals surface area contributed by atoms with Gasteiger partial charge in [0.15, 0.2) is 0 Å². The highest BCUT2D eigenvalue weighted by atomic mass is 19.1. The summed E-state index contributed by atoms with van der Waals surface area (Å²) in [6.45, 7) is 6.51. The zero-order valence-electron chi connectivity index (χ0n) is 12.6. The van der Waals surface area contributed by atoms with Gasteiger partial charge < -0.3 is 10.1 Å². The Morgan fingerprint density at radius 3 is 1.95 bits per heavy atom. The molecule has 0 aliphatic carbocycles. The van der Waals surface area contributed by atoms with Gasteiger partial charge in [0.25, 0.3) is 0 Å². The Balaban J connectivity index is 1.77. The lowest BCUT2D eigenvalue weighted by Crippen LogP contribution is -2.12. The summed E-state index contributed by atoms with van der Waals surface area (Å²) in [7, 11) is 0. The van der Waals surface area contributed by atoms with E-state index in [2.05, 4.69) is 31.3 Å². The lowest BCUT2D eigenvalue weighted by Gasteiger charge is -2.10. The van der Waals surface area contributed by atoms with Crippen LogP contribution in [-0.4, -0.2) is 6.61 Å². The summed E-state index contributed by atoms with van der Waals surface area (Å²) in [6, 6.07) is 14.7. The molecule has 0 radical (unpaired) electrons. The Hall–Kier alpha value is -1.87. The largest absolute Gasteiger partial charge is 0.493 e. The summed E-state index contributed by atoms with van der Waals surface area (Å²) < 4.78 is 18.4. The average molecular weight is 287 g/mol. The summed E-state index contributed by atoms with van der Waals surface area (Å²) in [5, 5.41) is 3.34. The molecule has 2 aromatic carbocycles. The van der Waals surface area contributed by atoms with Gasteiger partial charge in [-0.1, -0.05) is 38.1 Å². The van der Waals surface area contributed by atoms with Crippen molar-refractivity contribution in [2.75, 3.05) is 6.61 Å². The zero-order valence-corrected chi connectivity index (χ0v) is 12.6. The van der Waals surface area contributed by atoms with Crippen molar-refractivity contribution < 1.29 is 9.13 Å². The van der Waals surface area contributed by atoms with Gasteiger partial charge in [-0.2, -0.15) is 0 Å². The van der Waals surface area contributed by atoms with Crippen LogP contribution < -0.4 is 10.1 Å². The normalized spacial score (nSPS) is 10.9. The van der Waals surface area contributed by atoms with Crippen LogP contribution in [-0.2, 0) is 13.1 Å². The van der Waals surface area contributed by atoms with E-state index < -0.39 is 0 Å². The number of benzene rings is 2. The van der Waals surface area contributed by atoms with E-state index in [4.69, 9.17) is 4.74 Å². The molecule has 21 heavy (non-hydrogen) atoms. The standard InChI is InChI=1S/C18H22FNO/c1-14(2)13-21-18-9-5-16(6-10-18)12-20-11-15-3-7-17(19)8-4-15/h3-10,14,20H,11-13H2,1-2H3. The average Bonchev–Trinajstić information content (AvgIpc) is 2.48. The lowest BCUT2D eigenvalue weighted by atomic mass is 10.2. The Bertz CT molecular complexity index is 534. The fourth-order valence-electron chi connectivity index (χ4n) is 1.92. The highest BCUT2D eigenvalue weighted by Crippen LogP contribution is 2.13. The predicted octanol–water partition coefficient (Wildman–Crippen LogP) is 4.15. The molecule has 0 aliphatic rings. The molecule has 0 saturated heterocycles. The van der Waals surface area contributed by atoms with Crippen LogP contribution >= 0.6 is 0 Å². The first-order valence-corrected chi connectivity index (χ1v) is 7.30. The van der Waals surface area contributed by atoms with Gasteiger partial charge in [-0.05, 0) is 41.3 Å². The minimum atomic E-state index is -0.198. The Labute approximate surface area is 126 Å². The van der Waals surface area contributed by atoms with Crippen molar-refractivity contribution in [2.24, 2.45) is 5.92 Å². The molecular weight excluding hydrogens is 265 g/mol. The molecule has 0 atom stereocenters. The molecule has 2 aromatic rings. The van der Waals surface area contributed by atoms with Crippen molar-refractivity contribution >= 4 is 0 Å². The first-order chi connectivity index (χ1) is 10.1. The maximum atomic E-state index is 12.8. The second-order valence-electron chi connectivity index (χ2n) is 5.58. The number of nitrogens with one attached hydrogen (secondary N) is 1. The molecule has 1 N–H and O–H groups in total. The first kappa shape index (κ1) is 15.5. The van der Waals surface area contributed by atoms with Crippen molar-refractivity contribution in [1.29, 1.82) is 0 Å². The molecule has 0 aromatic heterocycles. The van der Waals surface area contributed by atoms with E-state index in [1.165, 1.54) is 17.7 Å². The topological polar surface area (TPSA) is 21.3 Å². The van der Waals surface area contributed by atoms with Gasteiger partial charge in [0.1, 0.15) is 11.6 Å². The Morgan fingerprint density at radius 2 is 1.43 bits per heavy atom. The summed E-state index contributed by atoms with van der Waals surface area (Å²) in [4.78, 5) is 0. The van der Waals surface area contributed by atoms with Crippen molar-refractivity contribution in [3.63, 3.8) is 0 Å². The monoisotopic (exact) mass is 287 g/mol. The Morgan fingerprint density at radius 1 is 0.905 bits per heavy atom. The van der Waals surface area contributed by atoms with E-state index in [1.807, 2.05) is 12.1 Å². The van der Waals surface area contributed by atoms with Crippen LogP contribution in [0.15, 0.2) is 48.5 Å². The van der Waals surface area contributed by atoms with Gasteiger partial charge >= 0.3 is 0 Å². The molecular formula is C18H22FNO. The molecule has 0 amide bonds. The van der Waals surface area contributed by atoms with Gasteiger partial charge in [0.2, 0.25) is 0 Å². The molecule has 0 unspecified atom stereocenters. The number of hydrogen-bond donors (Lipinski definition) is 1. The smallest absolute Gasteiger partial charge is 0.123 e. The third kappa shape index (κ3) is 5.56. The fraction of sp³-hybridized carbons (Fsp3) is 0.333. The van der Waals surface area contributed by atoms with E-state index in [1.54, 1.807) is 12.1 Å². The van der Waals surface area contributed by atoms with Gasteiger partial charge in [-0.25, -0.2) is 4.39 Å². The molecule has 0 heterocycles. The van der Waals surface area contributed by atoms with E-state index in [-0.39, 0.29) is 5.82 Å². The van der Waals surface area contributed by atoms with Crippen molar-refractivity contribution in [3.8, 4) is 5.75 Å². The number of halogens is 1. The number of rotatable bonds is 7. The van der Waals surface area contributed by atoms with Crippen LogP contribution in [0.5, 0.6) is 5.75 Å². The molecule has 0 fully saturated rings. The molecule has 2 rings (SSSR count). The van der Waals surface area contributed by atoms with Gasteiger partial charge in [-0.15, -0.1) is 0 Å². The van der Waals surface area contributed by atoms with Crippen molar-refractivity contribution in [2.45, 2.75) is 26.9 Å². The predicted molar refractivity (Wildman–Crippen MR) is 83.7 cm³/mol. The van der Waals surface area contributed by atoms with Crippen LogP contribution in [0, 0.1) is 11.7 Å². The second kappa shape index (κ2) is 7.79. The molecule has 0 spiro atoms. The fourth-order valence-corrected chi connectivity index (χ4v) is 1.92. The summed E-state index contributed by atoms with van der Waals surface area (Å²) in [5.74, 6) is 1.24. The van der Waals surface area contributed by atoms with Gasteiger partial charge in [0.05, 0.1) is 6.61 Å². The van der Waals surface area contributed by atoms with Crippen molar-refractivity contribution in [1.82, 2.24) is 5.32 Å². The zero-order chi connectivity index (χ0) is 15.1. The minimum Gasteiger partial charge on any atom is -0.493 e. The van der Waals surface area contributed by atoms with Crippen LogP contribution in [0.1, 0.15) is 25.0 Å². The summed E-state index contributed by atoms with van der Waals surface area (Å²) in [5.41, 5.74) is 2.28. The number of hydrogen-bond acceptors (Lipinski definition) is 2. The molecule has 0 aliphatic heterocycles. The lowest BCUT2D eigenvalue weighted by molar-refractivity contribution is 0.271. The van der Waals surface area contributed by atoms with Crippen LogP contribution in [0.25, 0.3) is 0 Å². The minimum absolute atomic E-state index is 0.198. The molecule has 0 saturated carbocycles. The summed E-state index contributed by atoms with van der Waals surface area (Å²) in [6.07, 6.45) is 0. The summed E-state index contributed by atoms with van der Waals surface area (Å²) >= 11 is 0. The third-order valence-corrected chi connectivity index (χ3v) is 3.08. The molecule has 3 heteroatoms. The van der Waals surface area contributed by atoms with E-state index in [0.29, 0.717) is 5.92 Å². The van der Waals surface area contributed by atoms with Gasteiger partial charge in [0, 0.05) is 13.1 Å². The SMILES string of the molecule is CC(C)COc1ccc(CNCc2ccc(F)cc2)cc1. The molecule has 2 nitrogen and oxygen atoms in total. The maximum Gasteiger partial charge on any atom is 0.123 e. The van der Waals surface area contributed by atoms with E-state index in [9.17, 15) is 4.39 Å². The quantitative estimate of drug-likeness (QED) is 0.826. The Kier molecular flexibility index (Phi) is 5.76. The van der Waals surface area contributed by atoms with E-state index in [0.717, 1.165) is 31.0 Å². The van der Waals surface area contributed by atoms with Crippen LogP contribution in [0.4, 0.5) is 4.39 Å². The third-order valence-electron chi connectivity index (χ3n) is 3.08. The number of ether oxygens (including phenoxy) is 1. The van der Waals surface area contributed by atoms with Crippen LogP contribution in [0.2, 0.25) is 0 Å². The molecule has 0 bridgehead atoms.